The van der Waals surface area contributed by atoms with Crippen LogP contribution in [0.25, 0.3) is 10.9 Å². The van der Waals surface area contributed by atoms with Gasteiger partial charge in [0.25, 0.3) is 0 Å². The first-order valence-corrected chi connectivity index (χ1v) is 7.46. The average Bonchev–Trinajstić information content (AvgIpc) is 2.52. The molecule has 0 atom stereocenters. The molecule has 0 aliphatic rings. The van der Waals surface area contributed by atoms with E-state index in [1.165, 1.54) is 20.3 Å². The number of hydrogen-bond acceptors (Lipinski definition) is 6. The molecule has 0 amide bonds. The van der Waals surface area contributed by atoms with Gasteiger partial charge in [-0.05, 0) is 12.1 Å². The van der Waals surface area contributed by atoms with Crippen LogP contribution in [-0.4, -0.2) is 35.9 Å². The second kappa shape index (κ2) is 7.03. The highest BCUT2D eigenvalue weighted by atomic mass is 32.2. The van der Waals surface area contributed by atoms with Gasteiger partial charge in [0.05, 0.1) is 26.2 Å². The molecule has 2 rings (SSSR count). The summed E-state index contributed by atoms with van der Waals surface area (Å²) < 4.78 is 48.3. The number of benzene rings is 1. The van der Waals surface area contributed by atoms with Crippen molar-refractivity contribution in [2.45, 2.75) is 17.6 Å². The predicted octanol–water partition coefficient (Wildman–Crippen LogP) is 3.31. The van der Waals surface area contributed by atoms with Crippen molar-refractivity contribution in [2.24, 2.45) is 0 Å². The normalized spacial score (nSPS) is 11.5. The molecule has 0 radical (unpaired) electrons. The van der Waals surface area contributed by atoms with Crippen molar-refractivity contribution in [1.82, 2.24) is 9.97 Å². The third-order valence-corrected chi connectivity index (χ3v) is 3.89. The Morgan fingerprint density at radius 3 is 2.61 bits per heavy atom. The SMILES string of the molecule is COC(=O)CCSc1nc(C(F)(F)F)nc2cc(OC)ccc12. The van der Waals surface area contributed by atoms with Crippen LogP contribution in [0.15, 0.2) is 23.2 Å². The first-order valence-electron chi connectivity index (χ1n) is 6.47. The summed E-state index contributed by atoms with van der Waals surface area (Å²) in [6.45, 7) is 0. The summed E-state index contributed by atoms with van der Waals surface area (Å²) in [5, 5.41) is 0.627. The summed E-state index contributed by atoms with van der Waals surface area (Å²) in [7, 11) is 2.67. The second-order valence-electron chi connectivity index (χ2n) is 4.41. The Morgan fingerprint density at radius 1 is 1.26 bits per heavy atom. The molecular weight excluding hydrogens is 333 g/mol. The lowest BCUT2D eigenvalue weighted by atomic mass is 10.2. The molecule has 124 valence electrons. The van der Waals surface area contributed by atoms with Gasteiger partial charge in [-0.15, -0.1) is 11.8 Å². The van der Waals surface area contributed by atoms with Gasteiger partial charge in [-0.2, -0.15) is 13.2 Å². The van der Waals surface area contributed by atoms with Crippen LogP contribution >= 0.6 is 11.8 Å². The molecule has 9 heteroatoms. The zero-order chi connectivity index (χ0) is 17.0. The minimum Gasteiger partial charge on any atom is -0.497 e. The molecular formula is C14H13F3N2O3S. The lowest BCUT2D eigenvalue weighted by Gasteiger charge is -2.11. The minimum atomic E-state index is -4.66. The van der Waals surface area contributed by atoms with Crippen LogP contribution in [0, 0.1) is 0 Å². The summed E-state index contributed by atoms with van der Waals surface area (Å²) in [5.41, 5.74) is 0.132. The smallest absolute Gasteiger partial charge is 0.451 e. The van der Waals surface area contributed by atoms with Gasteiger partial charge in [0.2, 0.25) is 5.82 Å². The molecule has 0 saturated carbocycles. The summed E-state index contributed by atoms with van der Waals surface area (Å²) in [4.78, 5) is 18.2. The standard InChI is InChI=1S/C14H13F3N2O3S/c1-21-8-3-4-9-10(7-8)18-13(14(15,16)17)19-12(9)23-6-5-11(20)22-2/h3-4,7H,5-6H2,1-2H3. The van der Waals surface area contributed by atoms with Crippen molar-refractivity contribution < 1.29 is 27.4 Å². The first kappa shape index (κ1) is 17.3. The summed E-state index contributed by atoms with van der Waals surface area (Å²) in [6.07, 6.45) is -4.58. The van der Waals surface area contributed by atoms with Crippen molar-refractivity contribution in [1.29, 1.82) is 0 Å². The third-order valence-electron chi connectivity index (χ3n) is 2.90. The first-order chi connectivity index (χ1) is 10.8. The molecule has 1 aromatic heterocycles. The van der Waals surface area contributed by atoms with Crippen LogP contribution < -0.4 is 4.74 Å². The fourth-order valence-corrected chi connectivity index (χ4v) is 2.72. The summed E-state index contributed by atoms with van der Waals surface area (Å²) in [5.74, 6) is -1.01. The van der Waals surface area contributed by atoms with Gasteiger partial charge in [-0.25, -0.2) is 9.97 Å². The highest BCUT2D eigenvalue weighted by Crippen LogP contribution is 2.33. The number of thioether (sulfide) groups is 1. The number of ether oxygens (including phenoxy) is 2. The van der Waals surface area contributed by atoms with Crippen molar-refractivity contribution in [2.75, 3.05) is 20.0 Å². The Bertz CT molecular complexity index is 722. The van der Waals surface area contributed by atoms with Gasteiger partial charge in [0, 0.05) is 17.2 Å². The van der Waals surface area contributed by atoms with Crippen LogP contribution in [0.5, 0.6) is 5.75 Å². The largest absolute Gasteiger partial charge is 0.497 e. The summed E-state index contributed by atoms with van der Waals surface area (Å²) in [6, 6.07) is 4.62. The number of carbonyl (C=O) groups excluding carboxylic acids is 1. The second-order valence-corrected chi connectivity index (χ2v) is 5.49. The number of methoxy groups -OCH3 is 2. The molecule has 0 aliphatic heterocycles. The van der Waals surface area contributed by atoms with E-state index in [0.29, 0.717) is 11.1 Å². The van der Waals surface area contributed by atoms with E-state index in [1.807, 2.05) is 0 Å². The number of aromatic nitrogens is 2. The number of rotatable bonds is 5. The van der Waals surface area contributed by atoms with E-state index in [-0.39, 0.29) is 22.7 Å². The van der Waals surface area contributed by atoms with Crippen LogP contribution in [0.3, 0.4) is 0 Å². The lowest BCUT2D eigenvalue weighted by molar-refractivity contribution is -0.145. The van der Waals surface area contributed by atoms with Crippen LogP contribution in [-0.2, 0) is 15.7 Å². The maximum atomic E-state index is 12.9. The van der Waals surface area contributed by atoms with E-state index in [0.717, 1.165) is 11.8 Å². The van der Waals surface area contributed by atoms with Crippen LogP contribution in [0.1, 0.15) is 12.2 Å². The number of nitrogens with zero attached hydrogens (tertiary/aromatic N) is 2. The quantitative estimate of drug-likeness (QED) is 0.470. The molecule has 0 fully saturated rings. The Labute approximate surface area is 134 Å². The molecule has 0 aliphatic carbocycles. The molecule has 1 aromatic carbocycles. The molecule has 0 saturated heterocycles. The van der Waals surface area contributed by atoms with E-state index >= 15 is 0 Å². The lowest BCUT2D eigenvalue weighted by Crippen LogP contribution is -2.12. The van der Waals surface area contributed by atoms with Crippen molar-refractivity contribution >= 4 is 28.6 Å². The van der Waals surface area contributed by atoms with Crippen LogP contribution in [0.4, 0.5) is 13.2 Å². The molecule has 0 bridgehead atoms. The predicted molar refractivity (Wildman–Crippen MR) is 78.4 cm³/mol. The third kappa shape index (κ3) is 4.25. The molecule has 5 nitrogen and oxygen atoms in total. The molecule has 1 heterocycles. The molecule has 0 unspecified atom stereocenters. The zero-order valence-electron chi connectivity index (χ0n) is 12.3. The van der Waals surface area contributed by atoms with Gasteiger partial charge in [0.15, 0.2) is 0 Å². The average molecular weight is 346 g/mol. The Morgan fingerprint density at radius 2 is 2.00 bits per heavy atom. The minimum absolute atomic E-state index is 0.0736. The fourth-order valence-electron chi connectivity index (χ4n) is 1.78. The van der Waals surface area contributed by atoms with Crippen molar-refractivity contribution in [3.8, 4) is 5.75 Å². The molecule has 0 spiro atoms. The van der Waals surface area contributed by atoms with Crippen molar-refractivity contribution in [3.05, 3.63) is 24.0 Å². The molecule has 0 N–H and O–H groups in total. The Balaban J connectivity index is 2.41. The Hall–Kier alpha value is -2.03. The Kier molecular flexibility index (Phi) is 5.30. The van der Waals surface area contributed by atoms with E-state index in [9.17, 15) is 18.0 Å². The van der Waals surface area contributed by atoms with E-state index in [4.69, 9.17) is 4.74 Å². The molecule has 2 aromatic rings. The summed E-state index contributed by atoms with van der Waals surface area (Å²) >= 11 is 1.04. The van der Waals surface area contributed by atoms with Gasteiger partial charge in [0.1, 0.15) is 10.8 Å². The monoisotopic (exact) mass is 346 g/mol. The van der Waals surface area contributed by atoms with Gasteiger partial charge in [-0.1, -0.05) is 0 Å². The number of esters is 1. The highest BCUT2D eigenvalue weighted by molar-refractivity contribution is 7.99. The van der Waals surface area contributed by atoms with E-state index in [1.54, 1.807) is 12.1 Å². The van der Waals surface area contributed by atoms with Crippen molar-refractivity contribution in [3.63, 3.8) is 0 Å². The van der Waals surface area contributed by atoms with Gasteiger partial charge in [-0.3, -0.25) is 4.79 Å². The number of halogens is 3. The topological polar surface area (TPSA) is 61.3 Å². The van der Waals surface area contributed by atoms with Crippen LogP contribution in [0.2, 0.25) is 0 Å². The number of fused-ring (bicyclic) bond motifs is 1. The molecule has 23 heavy (non-hydrogen) atoms. The van der Waals surface area contributed by atoms with Gasteiger partial charge < -0.3 is 9.47 Å². The number of carbonyl (C=O) groups is 1. The maximum absolute atomic E-state index is 12.9. The van der Waals surface area contributed by atoms with Gasteiger partial charge >= 0.3 is 12.1 Å². The number of alkyl halides is 3. The van der Waals surface area contributed by atoms with E-state index in [2.05, 4.69) is 14.7 Å². The zero-order valence-corrected chi connectivity index (χ0v) is 13.1. The van der Waals surface area contributed by atoms with E-state index < -0.39 is 18.0 Å². The number of hydrogen-bond donors (Lipinski definition) is 0. The maximum Gasteiger partial charge on any atom is 0.451 e. The fraction of sp³-hybridized carbons (Fsp3) is 0.357. The highest BCUT2D eigenvalue weighted by Gasteiger charge is 2.35.